The molecule has 3 N–H and O–H groups in total. The molecule has 1 saturated carbocycles. The Morgan fingerprint density at radius 2 is 1.82 bits per heavy atom. The summed E-state index contributed by atoms with van der Waals surface area (Å²) in [5, 5.41) is 2.77. The number of rotatable bonds is 4. The molecule has 5 nitrogen and oxygen atoms in total. The first kappa shape index (κ1) is 20.6. The molecule has 9 heteroatoms. The number of amides is 2. The molecule has 0 unspecified atom stereocenters. The fourth-order valence-electron chi connectivity index (χ4n) is 3.87. The Hall–Kier alpha value is -2.16. The zero-order valence-corrected chi connectivity index (χ0v) is 15.3. The Balaban J connectivity index is 1.49. The Kier molecular flexibility index (Phi) is 5.92. The summed E-state index contributed by atoms with van der Waals surface area (Å²) < 4.78 is 52.8. The molecule has 154 valence electrons. The number of alkyl halides is 2. The Morgan fingerprint density at radius 1 is 1.14 bits per heavy atom. The minimum absolute atomic E-state index is 0.0131. The van der Waals surface area contributed by atoms with Crippen LogP contribution in [-0.4, -0.2) is 47.8 Å². The molecule has 1 atom stereocenters. The Labute approximate surface area is 160 Å². The van der Waals surface area contributed by atoms with Gasteiger partial charge >= 0.3 is 0 Å². The van der Waals surface area contributed by atoms with Crippen LogP contribution in [0.4, 0.5) is 17.6 Å². The van der Waals surface area contributed by atoms with Crippen molar-refractivity contribution in [1.29, 1.82) is 0 Å². The summed E-state index contributed by atoms with van der Waals surface area (Å²) in [6.45, 7) is -0.571. The van der Waals surface area contributed by atoms with Crippen molar-refractivity contribution in [1.82, 2.24) is 10.2 Å². The van der Waals surface area contributed by atoms with Gasteiger partial charge in [0.2, 0.25) is 5.91 Å². The van der Waals surface area contributed by atoms with E-state index in [0.29, 0.717) is 25.7 Å². The molecule has 0 bridgehead atoms. The monoisotopic (exact) mass is 401 g/mol. The molecule has 1 aliphatic carbocycles. The average molecular weight is 401 g/mol. The van der Waals surface area contributed by atoms with Crippen LogP contribution in [0.1, 0.15) is 42.5 Å². The third-order valence-corrected chi connectivity index (χ3v) is 5.56. The summed E-state index contributed by atoms with van der Waals surface area (Å²) in [5.74, 6) is -6.05. The van der Waals surface area contributed by atoms with Gasteiger partial charge in [-0.05, 0) is 49.8 Å². The largest absolute Gasteiger partial charge is 0.349 e. The van der Waals surface area contributed by atoms with Crippen molar-refractivity contribution in [3.05, 3.63) is 35.4 Å². The zero-order valence-electron chi connectivity index (χ0n) is 15.3. The number of hydrogen-bond acceptors (Lipinski definition) is 3. The first-order valence-corrected chi connectivity index (χ1v) is 9.34. The molecule has 1 aliphatic heterocycles. The lowest BCUT2D eigenvalue weighted by atomic mass is 9.81. The highest BCUT2D eigenvalue weighted by Gasteiger charge is 2.42. The van der Waals surface area contributed by atoms with E-state index in [1.165, 1.54) is 6.07 Å². The molecular formula is C19H23F4N3O2. The molecule has 1 aromatic carbocycles. The summed E-state index contributed by atoms with van der Waals surface area (Å²) in [4.78, 5) is 25.7. The van der Waals surface area contributed by atoms with Gasteiger partial charge in [0, 0.05) is 24.6 Å². The second-order valence-corrected chi connectivity index (χ2v) is 7.61. The number of carbonyl (C=O) groups is 2. The smallest absolute Gasteiger partial charge is 0.267 e. The van der Waals surface area contributed by atoms with Crippen molar-refractivity contribution in [2.75, 3.05) is 13.1 Å². The zero-order chi connectivity index (χ0) is 20.5. The van der Waals surface area contributed by atoms with Crippen LogP contribution < -0.4 is 11.1 Å². The maximum absolute atomic E-state index is 13.3. The van der Waals surface area contributed by atoms with Crippen molar-refractivity contribution in [3.63, 3.8) is 0 Å². The fraction of sp³-hybridized carbons (Fsp3) is 0.579. The van der Waals surface area contributed by atoms with Crippen LogP contribution >= 0.6 is 0 Å². The molecule has 1 heterocycles. The molecule has 0 aromatic heterocycles. The molecule has 3 rings (SSSR count). The molecular weight excluding hydrogens is 378 g/mol. The molecule has 0 spiro atoms. The number of carbonyl (C=O) groups excluding carboxylic acids is 2. The van der Waals surface area contributed by atoms with Crippen molar-refractivity contribution < 1.29 is 27.2 Å². The van der Waals surface area contributed by atoms with E-state index in [1.807, 2.05) is 0 Å². The highest BCUT2D eigenvalue weighted by molar-refractivity contribution is 5.94. The van der Waals surface area contributed by atoms with E-state index >= 15 is 0 Å². The Bertz CT molecular complexity index is 751. The normalized spacial score (nSPS) is 25.4. The van der Waals surface area contributed by atoms with Crippen LogP contribution in [0.5, 0.6) is 0 Å². The van der Waals surface area contributed by atoms with Crippen LogP contribution in [0.25, 0.3) is 0 Å². The first-order chi connectivity index (χ1) is 13.2. The van der Waals surface area contributed by atoms with Gasteiger partial charge in [-0.25, -0.2) is 17.6 Å². The Morgan fingerprint density at radius 3 is 2.39 bits per heavy atom. The summed E-state index contributed by atoms with van der Waals surface area (Å²) in [7, 11) is 0. The van der Waals surface area contributed by atoms with Gasteiger partial charge in [0.05, 0.1) is 12.6 Å². The number of nitrogens with zero attached hydrogens (tertiary/aromatic N) is 1. The van der Waals surface area contributed by atoms with Crippen LogP contribution in [0.15, 0.2) is 18.2 Å². The van der Waals surface area contributed by atoms with E-state index < -0.39 is 42.0 Å². The lowest BCUT2D eigenvalue weighted by Gasteiger charge is -2.33. The second-order valence-electron chi connectivity index (χ2n) is 7.61. The number of likely N-dealkylation sites (tertiary alicyclic amines) is 1. The lowest BCUT2D eigenvalue weighted by molar-refractivity contribution is -0.134. The van der Waals surface area contributed by atoms with Gasteiger partial charge in [-0.15, -0.1) is 0 Å². The molecule has 1 saturated heterocycles. The highest BCUT2D eigenvalue weighted by atomic mass is 19.3. The van der Waals surface area contributed by atoms with Crippen molar-refractivity contribution in [3.8, 4) is 0 Å². The molecule has 2 aliphatic rings. The van der Waals surface area contributed by atoms with Crippen LogP contribution in [-0.2, 0) is 4.79 Å². The fourth-order valence-corrected chi connectivity index (χ4v) is 3.87. The minimum atomic E-state index is -2.85. The van der Waals surface area contributed by atoms with Crippen molar-refractivity contribution in [2.24, 2.45) is 11.7 Å². The van der Waals surface area contributed by atoms with E-state index in [-0.39, 0.29) is 30.5 Å². The van der Waals surface area contributed by atoms with Gasteiger partial charge in [-0.2, -0.15) is 0 Å². The third-order valence-electron chi connectivity index (χ3n) is 5.56. The average Bonchev–Trinajstić information content (AvgIpc) is 3.03. The molecule has 1 aromatic rings. The summed E-state index contributed by atoms with van der Waals surface area (Å²) in [6, 6.07) is 1.94. The van der Waals surface area contributed by atoms with Gasteiger partial charge < -0.3 is 16.0 Å². The van der Waals surface area contributed by atoms with E-state index in [0.717, 1.165) is 17.0 Å². The first-order valence-electron chi connectivity index (χ1n) is 9.34. The maximum atomic E-state index is 13.3. The summed E-state index contributed by atoms with van der Waals surface area (Å²) >= 11 is 0. The van der Waals surface area contributed by atoms with Gasteiger partial charge in [0.15, 0.2) is 11.6 Å². The lowest BCUT2D eigenvalue weighted by Crippen LogP contribution is -2.49. The van der Waals surface area contributed by atoms with E-state index in [2.05, 4.69) is 5.32 Å². The van der Waals surface area contributed by atoms with Crippen LogP contribution in [0.3, 0.4) is 0 Å². The van der Waals surface area contributed by atoms with Crippen molar-refractivity contribution in [2.45, 2.75) is 50.1 Å². The predicted octanol–water partition coefficient (Wildman–Crippen LogP) is 2.45. The third kappa shape index (κ3) is 4.63. The van der Waals surface area contributed by atoms with E-state index in [9.17, 15) is 27.2 Å². The molecule has 0 radical (unpaired) electrons. The molecule has 2 fully saturated rings. The topological polar surface area (TPSA) is 75.4 Å². The maximum Gasteiger partial charge on any atom is 0.267 e. The number of benzene rings is 1. The van der Waals surface area contributed by atoms with E-state index in [4.69, 9.17) is 5.73 Å². The summed E-state index contributed by atoms with van der Waals surface area (Å²) in [6.07, 6.45) is 1.93. The summed E-state index contributed by atoms with van der Waals surface area (Å²) in [5.41, 5.74) is 6.06. The quantitative estimate of drug-likeness (QED) is 0.761. The predicted molar refractivity (Wildman–Crippen MR) is 93.7 cm³/mol. The number of nitrogens with two attached hydrogens (primary N) is 1. The number of halogens is 4. The van der Waals surface area contributed by atoms with E-state index in [1.54, 1.807) is 0 Å². The SMILES string of the molecule is N[C@H](C(=O)N1CCC(F)(F)C1)C1CCC(NC(=O)c2ccc(F)c(F)c2)CC1. The highest BCUT2D eigenvalue weighted by Crippen LogP contribution is 2.31. The van der Waals surface area contributed by atoms with Gasteiger partial charge in [0.1, 0.15) is 0 Å². The van der Waals surface area contributed by atoms with Crippen LogP contribution in [0, 0.1) is 17.6 Å². The van der Waals surface area contributed by atoms with Gasteiger partial charge in [-0.3, -0.25) is 9.59 Å². The van der Waals surface area contributed by atoms with Gasteiger partial charge in [0.25, 0.3) is 11.8 Å². The van der Waals surface area contributed by atoms with Crippen LogP contribution in [0.2, 0.25) is 0 Å². The molecule has 2 amide bonds. The standard InChI is InChI=1S/C19H23F4N3O2/c20-14-6-3-12(9-15(14)21)17(27)25-13-4-1-11(2-5-13)16(24)18(28)26-8-7-19(22,23)10-26/h3,6,9,11,13,16H,1-2,4-5,7-8,10,24H2,(H,25,27)/t11?,13?,16-/m0/s1. The number of nitrogens with one attached hydrogen (secondary N) is 1. The minimum Gasteiger partial charge on any atom is -0.349 e. The second kappa shape index (κ2) is 8.06. The van der Waals surface area contributed by atoms with Crippen molar-refractivity contribution >= 4 is 11.8 Å². The number of hydrogen-bond donors (Lipinski definition) is 2. The molecule has 28 heavy (non-hydrogen) atoms. The van der Waals surface area contributed by atoms with Gasteiger partial charge in [-0.1, -0.05) is 0 Å².